The van der Waals surface area contributed by atoms with Gasteiger partial charge in [0, 0.05) is 12.3 Å². The van der Waals surface area contributed by atoms with Gasteiger partial charge in [-0.2, -0.15) is 0 Å². The van der Waals surface area contributed by atoms with Crippen molar-refractivity contribution in [3.63, 3.8) is 0 Å². The maximum Gasteiger partial charge on any atom is 0.403 e. The highest BCUT2D eigenvalue weighted by Crippen LogP contribution is 2.47. The van der Waals surface area contributed by atoms with Crippen LogP contribution in [0.2, 0.25) is 0 Å². The second-order valence-electron chi connectivity index (χ2n) is 6.39. The van der Waals surface area contributed by atoms with E-state index in [0.717, 1.165) is 26.1 Å². The lowest BCUT2D eigenvalue weighted by Gasteiger charge is -2.28. The first-order valence-corrected chi connectivity index (χ1v) is 9.34. The molecule has 0 aliphatic carbocycles. The fourth-order valence-corrected chi connectivity index (χ4v) is 3.54. The van der Waals surface area contributed by atoms with Gasteiger partial charge in [-0.1, -0.05) is 0 Å². The minimum absolute atomic E-state index is 0.606. The van der Waals surface area contributed by atoms with Crippen molar-refractivity contribution in [2.75, 3.05) is 6.61 Å². The SMILES string of the molecule is CC(NP(=O)(O)OC[C@@]1(F)O[C@@H](n2ccc(=O)[nH]c2=O)[C@](C)(O)[C@@H]1O)C(=O)O. The second kappa shape index (κ2) is 7.48. The molecule has 13 nitrogen and oxygen atoms in total. The average molecular weight is 427 g/mol. The van der Waals surface area contributed by atoms with E-state index in [9.17, 15) is 34.1 Å². The van der Waals surface area contributed by atoms with Gasteiger partial charge in [0.1, 0.15) is 24.4 Å². The highest BCUT2D eigenvalue weighted by atomic mass is 31.2. The minimum Gasteiger partial charge on any atom is -0.480 e. The zero-order chi connectivity index (χ0) is 21.5. The minimum atomic E-state index is -4.83. The molecule has 2 heterocycles. The van der Waals surface area contributed by atoms with Gasteiger partial charge in [-0.25, -0.2) is 18.8 Å². The quantitative estimate of drug-likeness (QED) is 0.263. The number of aliphatic hydroxyl groups excluding tert-OH is 1. The van der Waals surface area contributed by atoms with Crippen LogP contribution in [0.15, 0.2) is 21.9 Å². The summed E-state index contributed by atoms with van der Waals surface area (Å²) in [5.74, 6) is -4.73. The van der Waals surface area contributed by atoms with Crippen LogP contribution in [0.5, 0.6) is 0 Å². The number of nitrogens with one attached hydrogen (secondary N) is 2. The molecule has 15 heteroatoms. The van der Waals surface area contributed by atoms with Gasteiger partial charge in [-0.3, -0.25) is 23.7 Å². The number of aromatic nitrogens is 2. The molecule has 6 N–H and O–H groups in total. The van der Waals surface area contributed by atoms with Gasteiger partial charge in [-0.15, -0.1) is 0 Å². The van der Waals surface area contributed by atoms with Gasteiger partial charge >= 0.3 is 19.4 Å². The maximum atomic E-state index is 15.1. The molecule has 6 atom stereocenters. The maximum absolute atomic E-state index is 15.1. The first kappa shape index (κ1) is 22.4. The van der Waals surface area contributed by atoms with Crippen LogP contribution in [0.3, 0.4) is 0 Å². The van der Waals surface area contributed by atoms with Crippen molar-refractivity contribution >= 4 is 13.7 Å². The third-order valence-electron chi connectivity index (χ3n) is 4.04. The fourth-order valence-electron chi connectivity index (χ4n) is 2.52. The number of ether oxygens (including phenoxy) is 1. The summed E-state index contributed by atoms with van der Waals surface area (Å²) in [6.45, 7) is 0.570. The van der Waals surface area contributed by atoms with Crippen LogP contribution in [0, 0.1) is 0 Å². The van der Waals surface area contributed by atoms with E-state index < -0.39 is 61.4 Å². The Labute approximate surface area is 155 Å². The first-order chi connectivity index (χ1) is 12.7. The number of hydrogen-bond donors (Lipinski definition) is 6. The molecule has 1 saturated heterocycles. The number of halogens is 1. The monoisotopic (exact) mass is 427 g/mol. The third-order valence-corrected chi connectivity index (χ3v) is 5.23. The molecule has 0 aromatic carbocycles. The zero-order valence-corrected chi connectivity index (χ0v) is 15.5. The van der Waals surface area contributed by atoms with E-state index in [4.69, 9.17) is 9.84 Å². The highest BCUT2D eigenvalue weighted by molar-refractivity contribution is 7.50. The molecular formula is C13H19FN3O10P. The Hall–Kier alpha value is -1.93. The number of nitrogens with zero attached hydrogens (tertiary/aromatic N) is 1. The smallest absolute Gasteiger partial charge is 0.403 e. The number of aromatic amines is 1. The van der Waals surface area contributed by atoms with Crippen LogP contribution in [0.25, 0.3) is 0 Å². The Bertz CT molecular complexity index is 916. The molecule has 1 aromatic rings. The summed E-state index contributed by atoms with van der Waals surface area (Å²) in [5.41, 5.74) is -4.25. The number of H-pyrrole nitrogens is 1. The van der Waals surface area contributed by atoms with Gasteiger partial charge in [-0.05, 0) is 13.8 Å². The number of aliphatic hydroxyl groups is 2. The van der Waals surface area contributed by atoms with Gasteiger partial charge in [0.05, 0.1) is 0 Å². The lowest BCUT2D eigenvalue weighted by molar-refractivity contribution is -0.204. The number of aliphatic carboxylic acids is 1. The Balaban J connectivity index is 2.23. The molecule has 0 bridgehead atoms. The molecule has 1 aliphatic heterocycles. The highest BCUT2D eigenvalue weighted by Gasteiger charge is 2.63. The number of carboxylic acids is 1. The summed E-state index contributed by atoms with van der Waals surface area (Å²) in [6.07, 6.45) is -3.28. The molecule has 2 rings (SSSR count). The van der Waals surface area contributed by atoms with Crippen LogP contribution in [0.4, 0.5) is 4.39 Å². The number of carboxylic acid groups (broad SMARTS) is 1. The third kappa shape index (κ3) is 4.38. The molecule has 2 unspecified atom stereocenters. The Morgan fingerprint density at radius 1 is 1.57 bits per heavy atom. The predicted molar refractivity (Wildman–Crippen MR) is 87.9 cm³/mol. The molecular weight excluding hydrogens is 408 g/mol. The van der Waals surface area contributed by atoms with Crippen molar-refractivity contribution < 1.29 is 43.2 Å². The summed E-state index contributed by atoms with van der Waals surface area (Å²) >= 11 is 0. The van der Waals surface area contributed by atoms with E-state index in [1.807, 2.05) is 4.98 Å². The van der Waals surface area contributed by atoms with Crippen LogP contribution < -0.4 is 16.3 Å². The van der Waals surface area contributed by atoms with Gasteiger partial charge in [0.2, 0.25) is 0 Å². The molecule has 1 fully saturated rings. The predicted octanol–water partition coefficient (Wildman–Crippen LogP) is -1.98. The topological polar surface area (TPSA) is 200 Å². The molecule has 0 saturated carbocycles. The number of rotatable bonds is 7. The van der Waals surface area contributed by atoms with E-state index in [2.05, 4.69) is 4.52 Å². The van der Waals surface area contributed by atoms with Crippen molar-refractivity contribution in [1.29, 1.82) is 0 Å². The van der Waals surface area contributed by atoms with Crippen molar-refractivity contribution in [1.82, 2.24) is 14.6 Å². The van der Waals surface area contributed by atoms with Crippen molar-refractivity contribution in [2.24, 2.45) is 0 Å². The number of hydrogen-bond acceptors (Lipinski definition) is 8. The van der Waals surface area contributed by atoms with Crippen molar-refractivity contribution in [3.05, 3.63) is 33.1 Å². The lowest BCUT2D eigenvalue weighted by atomic mass is 9.95. The molecule has 0 radical (unpaired) electrons. The second-order valence-corrected chi connectivity index (χ2v) is 7.94. The Morgan fingerprint density at radius 3 is 2.71 bits per heavy atom. The number of carbonyl (C=O) groups is 1. The fraction of sp³-hybridized carbons (Fsp3) is 0.615. The molecule has 28 heavy (non-hydrogen) atoms. The molecule has 0 spiro atoms. The summed E-state index contributed by atoms with van der Waals surface area (Å²) in [6, 6.07) is -0.627. The zero-order valence-electron chi connectivity index (χ0n) is 14.6. The van der Waals surface area contributed by atoms with Gasteiger partial charge < -0.3 is 24.9 Å². The largest absolute Gasteiger partial charge is 0.480 e. The van der Waals surface area contributed by atoms with Crippen molar-refractivity contribution in [3.8, 4) is 0 Å². The normalized spacial score (nSPS) is 33.4. The summed E-state index contributed by atoms with van der Waals surface area (Å²) in [5, 5.41) is 31.0. The lowest BCUT2D eigenvalue weighted by Crippen LogP contribution is -2.50. The molecule has 158 valence electrons. The summed E-state index contributed by atoms with van der Waals surface area (Å²) < 4.78 is 36.9. The van der Waals surface area contributed by atoms with Crippen molar-refractivity contribution in [2.45, 2.75) is 43.7 Å². The first-order valence-electron chi connectivity index (χ1n) is 7.76. The van der Waals surface area contributed by atoms with Crippen LogP contribution >= 0.6 is 7.75 Å². The summed E-state index contributed by atoms with van der Waals surface area (Å²) in [7, 11) is -4.83. The van der Waals surface area contributed by atoms with Gasteiger partial charge in [0.25, 0.3) is 11.4 Å². The Kier molecular flexibility index (Phi) is 5.97. The Morgan fingerprint density at radius 2 is 2.18 bits per heavy atom. The van der Waals surface area contributed by atoms with Gasteiger partial charge in [0.15, 0.2) is 6.23 Å². The summed E-state index contributed by atoms with van der Waals surface area (Å²) in [4.78, 5) is 45.2. The van der Waals surface area contributed by atoms with Crippen LogP contribution in [-0.4, -0.2) is 65.9 Å². The van der Waals surface area contributed by atoms with Crippen LogP contribution in [-0.2, 0) is 18.6 Å². The van der Waals surface area contributed by atoms with E-state index in [1.165, 1.54) is 0 Å². The molecule has 1 aliphatic rings. The molecule has 1 aromatic heterocycles. The van der Waals surface area contributed by atoms with E-state index in [1.54, 1.807) is 5.09 Å². The number of alkyl halides is 1. The van der Waals surface area contributed by atoms with Crippen LogP contribution in [0.1, 0.15) is 20.1 Å². The molecule has 0 amide bonds. The average Bonchev–Trinajstić information content (AvgIpc) is 2.74. The van der Waals surface area contributed by atoms with E-state index >= 15 is 4.39 Å². The van der Waals surface area contributed by atoms with E-state index in [0.29, 0.717) is 4.57 Å². The van der Waals surface area contributed by atoms with E-state index in [-0.39, 0.29) is 0 Å². The standard InChI is InChI=1S/C13H19FN3O10P/c1-6(8(19)20)16-28(24,25)26-5-13(14)9(21)12(2,23)10(27-13)17-4-3-7(18)15-11(17)22/h3-4,6,9-10,21,23H,5H2,1-2H3,(H,19,20)(H,15,18,22)(H2,16,24,25)/t6?,9-,10+,12+,13+/m0/s1.